The summed E-state index contributed by atoms with van der Waals surface area (Å²) in [7, 11) is 0.933. The molecule has 4 N–H and O–H groups in total. The third kappa shape index (κ3) is 3.63. The normalized spacial score (nSPS) is 9.89. The Morgan fingerprint density at radius 1 is 0.579 bits per heavy atom. The molecule has 0 spiro atoms. The van der Waals surface area contributed by atoms with Gasteiger partial charge in [-0.25, -0.2) is 0 Å². The summed E-state index contributed by atoms with van der Waals surface area (Å²) in [4.78, 5) is 0. The van der Waals surface area contributed by atoms with Crippen molar-refractivity contribution in [2.24, 2.45) is 0 Å². The van der Waals surface area contributed by atoms with Crippen molar-refractivity contribution >= 4 is 7.69 Å². The van der Waals surface area contributed by atoms with Gasteiger partial charge in [-0.2, -0.15) is 0 Å². The minimum absolute atomic E-state index is 0.154. The molecule has 19 heavy (non-hydrogen) atoms. The van der Waals surface area contributed by atoms with E-state index in [4.69, 9.17) is 9.31 Å². The Bertz CT molecular complexity index is 494. The third-order valence-corrected chi connectivity index (χ3v) is 2.12. The van der Waals surface area contributed by atoms with E-state index in [0.29, 0.717) is 0 Å². The molecule has 2 aromatic carbocycles. The van der Waals surface area contributed by atoms with Gasteiger partial charge in [0.25, 0.3) is 0 Å². The summed E-state index contributed by atoms with van der Waals surface area (Å²) in [6, 6.07) is 7.42. The maximum atomic E-state index is 9.22. The van der Waals surface area contributed by atoms with Crippen LogP contribution in [-0.2, 0) is 0 Å². The Balaban J connectivity index is 1.96. The molecule has 0 heterocycles. The molecule has 0 aliphatic heterocycles. The molecule has 0 unspecified atom stereocenters. The average Bonchev–Trinajstić information content (AvgIpc) is 2.26. The lowest BCUT2D eigenvalue weighted by molar-refractivity contribution is 0.424. The van der Waals surface area contributed by atoms with Crippen molar-refractivity contribution in [1.82, 2.24) is 0 Å². The summed E-state index contributed by atoms with van der Waals surface area (Å²) in [6.45, 7) is 0. The zero-order valence-corrected chi connectivity index (χ0v) is 9.65. The van der Waals surface area contributed by atoms with Crippen LogP contribution < -0.4 is 9.31 Å². The van der Waals surface area contributed by atoms with E-state index in [1.54, 1.807) is 0 Å². The molecular weight excluding hydrogens is 251 g/mol. The van der Waals surface area contributed by atoms with Gasteiger partial charge in [-0.05, 0) is 0 Å². The first kappa shape index (κ1) is 12.8. The van der Waals surface area contributed by atoms with Crippen LogP contribution in [0, 0.1) is 0 Å². The van der Waals surface area contributed by atoms with Crippen molar-refractivity contribution in [3.63, 3.8) is 0 Å². The maximum absolute atomic E-state index is 9.22. The van der Waals surface area contributed by atoms with Crippen LogP contribution in [0.5, 0.6) is 34.5 Å². The molecule has 0 bridgehead atoms. The van der Waals surface area contributed by atoms with Crippen molar-refractivity contribution in [1.29, 1.82) is 0 Å². The lowest BCUT2D eigenvalue weighted by atomic mass is 10.2. The second kappa shape index (κ2) is 5.30. The van der Waals surface area contributed by atoms with Gasteiger partial charge in [-0.15, -0.1) is 0 Å². The van der Waals surface area contributed by atoms with Crippen molar-refractivity contribution < 1.29 is 29.7 Å². The van der Waals surface area contributed by atoms with Gasteiger partial charge < -0.3 is 29.7 Å². The van der Waals surface area contributed by atoms with E-state index in [2.05, 4.69) is 0 Å². The summed E-state index contributed by atoms with van der Waals surface area (Å²) < 4.78 is 10.0. The molecule has 0 atom stereocenters. The monoisotopic (exact) mass is 261 g/mol. The summed E-state index contributed by atoms with van der Waals surface area (Å²) in [5.41, 5.74) is 0. The molecule has 0 saturated heterocycles. The summed E-state index contributed by atoms with van der Waals surface area (Å²) >= 11 is 0. The SMILES string of the molecule is Oc1cc(O)cc(O[B]Oc2cc(O)cc(O)c2)c1. The zero-order valence-electron chi connectivity index (χ0n) is 9.65. The highest BCUT2D eigenvalue weighted by molar-refractivity contribution is 6.20. The van der Waals surface area contributed by atoms with Crippen molar-refractivity contribution in [2.75, 3.05) is 0 Å². The molecule has 1 radical (unpaired) electrons. The predicted molar refractivity (Wildman–Crippen MR) is 66.6 cm³/mol. The van der Waals surface area contributed by atoms with Crippen molar-refractivity contribution in [3.8, 4) is 34.5 Å². The van der Waals surface area contributed by atoms with Gasteiger partial charge in [0.15, 0.2) is 0 Å². The van der Waals surface area contributed by atoms with Crippen LogP contribution in [0.4, 0.5) is 0 Å². The first-order valence-corrected chi connectivity index (χ1v) is 5.24. The van der Waals surface area contributed by atoms with Gasteiger partial charge >= 0.3 is 7.69 Å². The lowest BCUT2D eigenvalue weighted by Crippen LogP contribution is -2.10. The Morgan fingerprint density at radius 2 is 0.895 bits per heavy atom. The van der Waals surface area contributed by atoms with Crippen LogP contribution in [0.2, 0.25) is 0 Å². The van der Waals surface area contributed by atoms with Gasteiger partial charge in [0.1, 0.15) is 34.5 Å². The third-order valence-electron chi connectivity index (χ3n) is 2.12. The van der Waals surface area contributed by atoms with Crippen LogP contribution in [0.25, 0.3) is 0 Å². The molecule has 7 heteroatoms. The zero-order chi connectivity index (χ0) is 13.8. The number of aromatic hydroxyl groups is 4. The topological polar surface area (TPSA) is 99.4 Å². The second-order valence-electron chi connectivity index (χ2n) is 3.70. The Kier molecular flexibility index (Phi) is 3.56. The fourth-order valence-corrected chi connectivity index (χ4v) is 1.41. The van der Waals surface area contributed by atoms with Gasteiger partial charge in [-0.3, -0.25) is 0 Å². The number of hydrogen-bond donors (Lipinski definition) is 4. The maximum Gasteiger partial charge on any atom is 0.658 e. The van der Waals surface area contributed by atoms with E-state index >= 15 is 0 Å². The number of phenols is 4. The van der Waals surface area contributed by atoms with E-state index in [1.165, 1.54) is 24.3 Å². The van der Waals surface area contributed by atoms with Crippen molar-refractivity contribution in [3.05, 3.63) is 36.4 Å². The van der Waals surface area contributed by atoms with E-state index in [1.807, 2.05) is 0 Å². The number of hydrogen-bond acceptors (Lipinski definition) is 6. The predicted octanol–water partition coefficient (Wildman–Crippen LogP) is 1.50. The molecule has 2 aromatic rings. The van der Waals surface area contributed by atoms with E-state index in [0.717, 1.165) is 19.8 Å². The fourth-order valence-electron chi connectivity index (χ4n) is 1.41. The Hall–Kier alpha value is -2.70. The number of benzene rings is 2. The van der Waals surface area contributed by atoms with Gasteiger partial charge in [0, 0.05) is 36.4 Å². The van der Waals surface area contributed by atoms with Crippen LogP contribution in [0.3, 0.4) is 0 Å². The first-order valence-electron chi connectivity index (χ1n) is 5.24. The Morgan fingerprint density at radius 3 is 1.21 bits per heavy atom. The largest absolute Gasteiger partial charge is 0.658 e. The molecule has 2 rings (SSSR count). The minimum atomic E-state index is -0.154. The minimum Gasteiger partial charge on any atom is -0.526 e. The van der Waals surface area contributed by atoms with Gasteiger partial charge in [-0.1, -0.05) is 0 Å². The van der Waals surface area contributed by atoms with Crippen LogP contribution in [-0.4, -0.2) is 28.1 Å². The van der Waals surface area contributed by atoms with E-state index in [9.17, 15) is 20.4 Å². The smallest absolute Gasteiger partial charge is 0.526 e. The molecule has 0 aliphatic carbocycles. The molecular formula is C12H10BO6. The molecule has 0 aliphatic rings. The quantitative estimate of drug-likeness (QED) is 0.622. The van der Waals surface area contributed by atoms with Crippen LogP contribution in [0.1, 0.15) is 0 Å². The highest BCUT2D eigenvalue weighted by Crippen LogP contribution is 2.27. The number of phenolic OH excluding ortho intramolecular Hbond substituents is 4. The van der Waals surface area contributed by atoms with Gasteiger partial charge in [0.05, 0.1) is 0 Å². The van der Waals surface area contributed by atoms with Crippen LogP contribution in [0.15, 0.2) is 36.4 Å². The lowest BCUT2D eigenvalue weighted by Gasteiger charge is -2.08. The first-order chi connectivity index (χ1) is 9.02. The molecule has 97 valence electrons. The van der Waals surface area contributed by atoms with E-state index < -0.39 is 0 Å². The van der Waals surface area contributed by atoms with Crippen molar-refractivity contribution in [2.45, 2.75) is 0 Å². The average molecular weight is 261 g/mol. The molecule has 6 nitrogen and oxygen atoms in total. The molecule has 0 amide bonds. The highest BCUT2D eigenvalue weighted by atomic mass is 16.6. The summed E-state index contributed by atoms with van der Waals surface area (Å²) in [5, 5.41) is 36.9. The number of rotatable bonds is 4. The summed E-state index contributed by atoms with van der Waals surface area (Å²) in [6.07, 6.45) is 0. The second-order valence-corrected chi connectivity index (χ2v) is 3.70. The van der Waals surface area contributed by atoms with Gasteiger partial charge in [0.2, 0.25) is 0 Å². The Labute approximate surface area is 109 Å². The highest BCUT2D eigenvalue weighted by Gasteiger charge is 2.06. The fraction of sp³-hybridized carbons (Fsp3) is 0. The standard InChI is InChI=1S/C12H10BO6/c14-7-1-8(15)4-11(3-7)18-13-19-12-5-9(16)2-10(17)6-12/h1-6,14-17H. The molecule has 0 fully saturated rings. The van der Waals surface area contributed by atoms with Crippen LogP contribution >= 0.6 is 0 Å². The summed E-state index contributed by atoms with van der Waals surface area (Å²) in [5.74, 6) is -0.280. The molecule has 0 aromatic heterocycles. The van der Waals surface area contributed by atoms with E-state index in [-0.39, 0.29) is 34.5 Å². The molecule has 0 saturated carbocycles.